The molecule has 1 N–H and O–H groups in total. The van der Waals surface area contributed by atoms with Gasteiger partial charge in [-0.2, -0.15) is 0 Å². The number of ether oxygens (including phenoxy) is 1. The second-order valence-corrected chi connectivity index (χ2v) is 11.2. The summed E-state index contributed by atoms with van der Waals surface area (Å²) in [6.45, 7) is 5.13. The molecule has 0 aliphatic rings. The van der Waals surface area contributed by atoms with Crippen LogP contribution in [-0.2, 0) is 26.2 Å². The van der Waals surface area contributed by atoms with Crippen LogP contribution < -0.4 is 14.4 Å². The van der Waals surface area contributed by atoms with Crippen LogP contribution in [0.1, 0.15) is 39.2 Å². The summed E-state index contributed by atoms with van der Waals surface area (Å²) in [6.07, 6.45) is 2.06. The highest BCUT2D eigenvalue weighted by atomic mass is 35.5. The Morgan fingerprint density at radius 1 is 1.06 bits per heavy atom. The number of benzene rings is 2. The number of amides is 2. The number of para-hydroxylation sites is 2. The van der Waals surface area contributed by atoms with Crippen LogP contribution in [0.4, 0.5) is 5.69 Å². The number of nitrogens with zero attached hydrogens (tertiary/aromatic N) is 2. The van der Waals surface area contributed by atoms with E-state index in [1.807, 2.05) is 13.8 Å². The molecule has 0 saturated heterocycles. The highest BCUT2D eigenvalue weighted by Gasteiger charge is 2.33. The molecule has 0 aromatic heterocycles. The van der Waals surface area contributed by atoms with E-state index in [1.54, 1.807) is 49.4 Å². The number of carbonyl (C=O) groups excluding carboxylic acids is 2. The Balaban J connectivity index is 2.50. The zero-order valence-corrected chi connectivity index (χ0v) is 23.5. The first-order valence-corrected chi connectivity index (χ1v) is 14.2. The first-order chi connectivity index (χ1) is 16.9. The third-order valence-electron chi connectivity index (χ3n) is 5.76. The van der Waals surface area contributed by atoms with Crippen molar-refractivity contribution in [2.45, 2.75) is 52.2 Å². The summed E-state index contributed by atoms with van der Waals surface area (Å²) in [6, 6.07) is 10.5. The number of carbonyl (C=O) groups is 2. The van der Waals surface area contributed by atoms with Gasteiger partial charge in [0, 0.05) is 12.6 Å². The summed E-state index contributed by atoms with van der Waals surface area (Å²) in [7, 11) is -2.45. The smallest absolute Gasteiger partial charge is 0.244 e. The number of anilines is 1. The number of hydrogen-bond donors (Lipinski definition) is 1. The summed E-state index contributed by atoms with van der Waals surface area (Å²) in [5.74, 6) is -0.569. The number of rotatable bonds is 12. The van der Waals surface area contributed by atoms with E-state index in [9.17, 15) is 18.0 Å². The van der Waals surface area contributed by atoms with Gasteiger partial charge in [0.15, 0.2) is 0 Å². The fourth-order valence-electron chi connectivity index (χ4n) is 3.63. The topological polar surface area (TPSA) is 96.0 Å². The standard InChI is InChI=1S/C25H33Cl2N3O5S/c1-6-17(3)28-25(32)21(7-2)29(15-18-12-13-19(26)20(27)14-18)24(31)16-30(36(5,33)34)22-10-8-9-11-23(22)35-4/h8-14,17,21H,6-7,15-16H2,1-5H3,(H,28,32)/t17-,21+/m0/s1. The van der Waals surface area contributed by atoms with Crippen molar-refractivity contribution in [2.24, 2.45) is 0 Å². The molecule has 2 aromatic rings. The lowest BCUT2D eigenvalue weighted by Gasteiger charge is -2.33. The van der Waals surface area contributed by atoms with Crippen LogP contribution in [0.25, 0.3) is 0 Å². The lowest BCUT2D eigenvalue weighted by Crippen LogP contribution is -2.53. The van der Waals surface area contributed by atoms with Gasteiger partial charge in [-0.05, 0) is 49.6 Å². The molecule has 11 heteroatoms. The lowest BCUT2D eigenvalue weighted by atomic mass is 10.1. The van der Waals surface area contributed by atoms with Crippen LogP contribution in [0.15, 0.2) is 42.5 Å². The molecule has 2 atom stereocenters. The molecule has 0 heterocycles. The molecule has 2 rings (SSSR count). The second kappa shape index (κ2) is 13.2. The van der Waals surface area contributed by atoms with Gasteiger partial charge in [0.2, 0.25) is 21.8 Å². The van der Waals surface area contributed by atoms with E-state index in [4.69, 9.17) is 27.9 Å². The van der Waals surface area contributed by atoms with Crippen LogP contribution in [0, 0.1) is 0 Å². The van der Waals surface area contributed by atoms with E-state index in [1.165, 1.54) is 12.0 Å². The first kappa shape index (κ1) is 29.7. The molecule has 0 fully saturated rings. The fourth-order valence-corrected chi connectivity index (χ4v) is 4.80. The molecule has 0 aliphatic carbocycles. The summed E-state index contributed by atoms with van der Waals surface area (Å²) in [4.78, 5) is 28.3. The van der Waals surface area contributed by atoms with Crippen LogP contribution in [0.2, 0.25) is 10.0 Å². The third kappa shape index (κ3) is 7.75. The normalized spacial score (nSPS) is 13.0. The van der Waals surface area contributed by atoms with E-state index in [2.05, 4.69) is 5.32 Å². The van der Waals surface area contributed by atoms with E-state index >= 15 is 0 Å². The van der Waals surface area contributed by atoms with Crippen molar-refractivity contribution in [1.82, 2.24) is 10.2 Å². The number of sulfonamides is 1. The van der Waals surface area contributed by atoms with E-state index in [-0.39, 0.29) is 24.2 Å². The van der Waals surface area contributed by atoms with Crippen LogP contribution in [-0.4, -0.2) is 57.1 Å². The summed E-state index contributed by atoms with van der Waals surface area (Å²) in [5, 5.41) is 3.59. The SMILES string of the molecule is CC[C@H](C(=O)N[C@@H](C)CC)N(Cc1ccc(Cl)c(Cl)c1)C(=O)CN(c1ccccc1OC)S(C)(=O)=O. The number of nitrogens with one attached hydrogen (secondary N) is 1. The molecule has 2 aromatic carbocycles. The van der Waals surface area contributed by atoms with Crippen molar-refractivity contribution in [1.29, 1.82) is 0 Å². The molecule has 8 nitrogen and oxygen atoms in total. The van der Waals surface area contributed by atoms with Crippen molar-refractivity contribution in [2.75, 3.05) is 24.2 Å². The van der Waals surface area contributed by atoms with Gasteiger partial charge in [0.25, 0.3) is 0 Å². The molecule has 0 unspecified atom stereocenters. The molecule has 0 radical (unpaired) electrons. The summed E-state index contributed by atoms with van der Waals surface area (Å²) >= 11 is 12.2. The Bertz CT molecular complexity index is 1180. The van der Waals surface area contributed by atoms with E-state index in [0.29, 0.717) is 27.8 Å². The van der Waals surface area contributed by atoms with Crippen molar-refractivity contribution in [3.05, 3.63) is 58.1 Å². The average Bonchev–Trinajstić information content (AvgIpc) is 2.83. The predicted molar refractivity (Wildman–Crippen MR) is 144 cm³/mol. The number of halogens is 2. The molecule has 36 heavy (non-hydrogen) atoms. The Morgan fingerprint density at radius 3 is 2.28 bits per heavy atom. The molecule has 0 bridgehead atoms. The third-order valence-corrected chi connectivity index (χ3v) is 7.62. The van der Waals surface area contributed by atoms with Crippen LogP contribution in [0.3, 0.4) is 0 Å². The Kier molecular flexibility index (Phi) is 10.9. The molecular weight excluding hydrogens is 525 g/mol. The maximum Gasteiger partial charge on any atom is 0.244 e. The largest absolute Gasteiger partial charge is 0.495 e. The maximum atomic E-state index is 13.7. The van der Waals surface area contributed by atoms with Gasteiger partial charge >= 0.3 is 0 Å². The van der Waals surface area contributed by atoms with Gasteiger partial charge in [-0.15, -0.1) is 0 Å². The zero-order valence-electron chi connectivity index (χ0n) is 21.1. The highest BCUT2D eigenvalue weighted by Crippen LogP contribution is 2.30. The zero-order chi connectivity index (χ0) is 27.0. The minimum atomic E-state index is -3.87. The Hall–Kier alpha value is -2.49. The quantitative estimate of drug-likeness (QED) is 0.414. The monoisotopic (exact) mass is 557 g/mol. The maximum absolute atomic E-state index is 13.7. The van der Waals surface area contributed by atoms with Gasteiger partial charge in [-0.3, -0.25) is 13.9 Å². The molecule has 0 spiro atoms. The van der Waals surface area contributed by atoms with Crippen molar-refractivity contribution < 1.29 is 22.7 Å². The van der Waals surface area contributed by atoms with Gasteiger partial charge in [-0.25, -0.2) is 8.42 Å². The van der Waals surface area contributed by atoms with Crippen molar-refractivity contribution >= 4 is 50.7 Å². The average molecular weight is 559 g/mol. The predicted octanol–water partition coefficient (Wildman–Crippen LogP) is 4.49. The minimum Gasteiger partial charge on any atom is -0.495 e. The number of methoxy groups -OCH3 is 1. The second-order valence-electron chi connectivity index (χ2n) is 8.45. The molecular formula is C25H33Cl2N3O5S. The highest BCUT2D eigenvalue weighted by molar-refractivity contribution is 7.92. The van der Waals surface area contributed by atoms with E-state index < -0.39 is 28.5 Å². The summed E-state index contributed by atoms with van der Waals surface area (Å²) in [5.41, 5.74) is 0.873. The number of hydrogen-bond acceptors (Lipinski definition) is 5. The van der Waals surface area contributed by atoms with Gasteiger partial charge in [0.1, 0.15) is 18.3 Å². The molecule has 2 amide bonds. The minimum absolute atomic E-state index is 0.0334. The van der Waals surface area contributed by atoms with Gasteiger partial charge in [0.05, 0.1) is 29.1 Å². The van der Waals surface area contributed by atoms with Crippen LogP contribution in [0.5, 0.6) is 5.75 Å². The van der Waals surface area contributed by atoms with E-state index in [0.717, 1.165) is 17.0 Å². The molecule has 0 aliphatic heterocycles. The fraction of sp³-hybridized carbons (Fsp3) is 0.440. The Labute approximate surface area is 223 Å². The van der Waals surface area contributed by atoms with Crippen molar-refractivity contribution in [3.63, 3.8) is 0 Å². The van der Waals surface area contributed by atoms with Gasteiger partial charge < -0.3 is 15.0 Å². The molecule has 0 saturated carbocycles. The Morgan fingerprint density at radius 2 is 1.72 bits per heavy atom. The lowest BCUT2D eigenvalue weighted by molar-refractivity contribution is -0.140. The first-order valence-electron chi connectivity index (χ1n) is 11.6. The molecule has 198 valence electrons. The van der Waals surface area contributed by atoms with Crippen molar-refractivity contribution in [3.8, 4) is 5.75 Å². The van der Waals surface area contributed by atoms with Crippen LogP contribution >= 0.6 is 23.2 Å². The summed E-state index contributed by atoms with van der Waals surface area (Å²) < 4.78 is 31.8. The van der Waals surface area contributed by atoms with Gasteiger partial charge in [-0.1, -0.05) is 55.2 Å².